The van der Waals surface area contributed by atoms with Crippen molar-refractivity contribution < 1.29 is 19.1 Å². The topological polar surface area (TPSA) is 64.6 Å². The van der Waals surface area contributed by atoms with Gasteiger partial charge in [0.2, 0.25) is 0 Å². The van der Waals surface area contributed by atoms with Crippen LogP contribution in [0.4, 0.5) is 5.69 Å². The average Bonchev–Trinajstić information content (AvgIpc) is 2.45. The van der Waals surface area contributed by atoms with E-state index < -0.39 is 17.5 Å². The smallest absolute Gasteiger partial charge is 0.338 e. The van der Waals surface area contributed by atoms with Gasteiger partial charge < -0.3 is 14.8 Å². The highest BCUT2D eigenvalue weighted by molar-refractivity contribution is 6.31. The summed E-state index contributed by atoms with van der Waals surface area (Å²) in [5.41, 5.74) is 0.339. The summed E-state index contributed by atoms with van der Waals surface area (Å²) in [4.78, 5) is 23.8. The number of carbonyl (C=O) groups excluding carboxylic acids is 2. The molecule has 2 rings (SSSR count). The van der Waals surface area contributed by atoms with Crippen LogP contribution in [0.25, 0.3) is 5.57 Å². The second kappa shape index (κ2) is 5.17. The number of carbonyl (C=O) groups is 2. The van der Waals surface area contributed by atoms with Crippen LogP contribution in [0.3, 0.4) is 0 Å². The summed E-state index contributed by atoms with van der Waals surface area (Å²) >= 11 is 5.95. The number of fused-ring (bicyclic) bond motifs is 1. The van der Waals surface area contributed by atoms with Crippen LogP contribution >= 0.6 is 11.6 Å². The van der Waals surface area contributed by atoms with Crippen LogP contribution < -0.4 is 5.32 Å². The molecule has 1 aromatic carbocycles. The van der Waals surface area contributed by atoms with Gasteiger partial charge in [-0.1, -0.05) is 11.6 Å². The van der Waals surface area contributed by atoms with Gasteiger partial charge in [-0.2, -0.15) is 0 Å². The van der Waals surface area contributed by atoms with Crippen molar-refractivity contribution in [2.75, 3.05) is 19.5 Å². The van der Waals surface area contributed by atoms with Crippen LogP contribution in [-0.2, 0) is 19.1 Å². The molecule has 0 bridgehead atoms. The Morgan fingerprint density at radius 1 is 1.25 bits per heavy atom. The summed E-state index contributed by atoms with van der Waals surface area (Å²) in [6, 6.07) is 5.02. The molecule has 0 saturated heterocycles. The number of ether oxygens (including phenoxy) is 2. The van der Waals surface area contributed by atoms with E-state index >= 15 is 0 Å². The van der Waals surface area contributed by atoms with E-state index in [0.29, 0.717) is 16.3 Å². The van der Waals surface area contributed by atoms with Crippen LogP contribution in [0.5, 0.6) is 0 Å². The van der Waals surface area contributed by atoms with Gasteiger partial charge >= 0.3 is 11.9 Å². The van der Waals surface area contributed by atoms with Gasteiger partial charge in [-0.05, 0) is 31.2 Å². The maximum atomic E-state index is 11.9. The van der Waals surface area contributed by atoms with E-state index in [1.807, 2.05) is 0 Å². The van der Waals surface area contributed by atoms with Gasteiger partial charge in [0.1, 0.15) is 0 Å². The zero-order valence-corrected chi connectivity index (χ0v) is 12.1. The third-order valence-corrected chi connectivity index (χ3v) is 3.35. The number of nitrogens with one attached hydrogen (secondary N) is 1. The minimum Gasteiger partial charge on any atom is -0.467 e. The van der Waals surface area contributed by atoms with Crippen molar-refractivity contribution in [3.05, 3.63) is 34.9 Å². The van der Waals surface area contributed by atoms with Crippen LogP contribution in [-0.4, -0.2) is 31.7 Å². The van der Waals surface area contributed by atoms with Crippen molar-refractivity contribution in [1.82, 2.24) is 0 Å². The molecule has 6 heteroatoms. The fourth-order valence-electron chi connectivity index (χ4n) is 2.13. The van der Waals surface area contributed by atoms with Crippen molar-refractivity contribution in [2.24, 2.45) is 0 Å². The molecule has 1 atom stereocenters. The molecule has 0 fully saturated rings. The summed E-state index contributed by atoms with van der Waals surface area (Å²) in [5, 5.41) is 3.53. The lowest BCUT2D eigenvalue weighted by Gasteiger charge is -2.32. The first-order valence-corrected chi connectivity index (χ1v) is 6.27. The highest BCUT2D eigenvalue weighted by Gasteiger charge is 2.38. The Morgan fingerprint density at radius 2 is 1.95 bits per heavy atom. The van der Waals surface area contributed by atoms with Gasteiger partial charge in [-0.25, -0.2) is 9.59 Å². The van der Waals surface area contributed by atoms with Gasteiger partial charge in [-0.3, -0.25) is 0 Å². The third kappa shape index (κ3) is 2.36. The zero-order chi connectivity index (χ0) is 14.9. The maximum absolute atomic E-state index is 11.9. The molecule has 20 heavy (non-hydrogen) atoms. The normalized spacial score (nSPS) is 20.3. The van der Waals surface area contributed by atoms with E-state index in [9.17, 15) is 9.59 Å². The van der Waals surface area contributed by atoms with Crippen molar-refractivity contribution in [3.63, 3.8) is 0 Å². The summed E-state index contributed by atoms with van der Waals surface area (Å²) in [5.74, 6) is -1.04. The molecule has 0 saturated carbocycles. The first kappa shape index (κ1) is 14.4. The van der Waals surface area contributed by atoms with E-state index in [-0.39, 0.29) is 5.57 Å². The number of anilines is 1. The number of hydrogen-bond acceptors (Lipinski definition) is 5. The maximum Gasteiger partial charge on any atom is 0.338 e. The first-order valence-electron chi connectivity index (χ1n) is 5.89. The van der Waals surface area contributed by atoms with E-state index in [2.05, 4.69) is 5.32 Å². The number of benzene rings is 1. The molecule has 1 heterocycles. The Bertz CT molecular complexity index is 611. The van der Waals surface area contributed by atoms with E-state index in [1.165, 1.54) is 20.3 Å². The Morgan fingerprint density at radius 3 is 2.55 bits per heavy atom. The Balaban J connectivity index is 2.61. The lowest BCUT2D eigenvalue weighted by Crippen LogP contribution is -2.45. The fraction of sp³-hybridized carbons (Fsp3) is 0.286. The van der Waals surface area contributed by atoms with Crippen molar-refractivity contribution in [1.29, 1.82) is 0 Å². The van der Waals surface area contributed by atoms with Crippen LogP contribution in [0, 0.1) is 0 Å². The van der Waals surface area contributed by atoms with Gasteiger partial charge in [0.25, 0.3) is 0 Å². The Hall–Kier alpha value is -2.01. The molecule has 0 radical (unpaired) electrons. The predicted molar refractivity (Wildman–Crippen MR) is 75.5 cm³/mol. The van der Waals surface area contributed by atoms with E-state index in [0.717, 1.165) is 0 Å². The molecule has 5 nitrogen and oxygen atoms in total. The minimum atomic E-state index is -1.14. The molecule has 1 N–H and O–H groups in total. The quantitative estimate of drug-likeness (QED) is 0.848. The molecule has 0 aromatic heterocycles. The first-order chi connectivity index (χ1) is 9.41. The summed E-state index contributed by atoms with van der Waals surface area (Å²) < 4.78 is 9.53. The average molecular weight is 296 g/mol. The lowest BCUT2D eigenvalue weighted by molar-refractivity contribution is -0.143. The lowest BCUT2D eigenvalue weighted by atomic mass is 9.89. The van der Waals surface area contributed by atoms with Gasteiger partial charge in [0.15, 0.2) is 5.54 Å². The zero-order valence-electron chi connectivity index (χ0n) is 11.3. The number of rotatable bonds is 2. The van der Waals surface area contributed by atoms with Crippen LogP contribution in [0.15, 0.2) is 24.3 Å². The SMILES string of the molecule is COC(=O)C1=CC(C)(C(=O)OC)Nc2ccc(Cl)cc21. The van der Waals surface area contributed by atoms with Crippen molar-refractivity contribution in [3.8, 4) is 0 Å². The highest BCUT2D eigenvalue weighted by Crippen LogP contribution is 2.36. The number of hydrogen-bond donors (Lipinski definition) is 1. The molecule has 1 aromatic rings. The van der Waals surface area contributed by atoms with Crippen molar-refractivity contribution >= 4 is 34.8 Å². The monoisotopic (exact) mass is 295 g/mol. The summed E-state index contributed by atoms with van der Waals surface area (Å²) in [6.45, 7) is 1.62. The Kier molecular flexibility index (Phi) is 3.72. The molecule has 1 unspecified atom stereocenters. The number of esters is 2. The molecule has 0 aliphatic carbocycles. The van der Waals surface area contributed by atoms with Gasteiger partial charge in [0.05, 0.1) is 19.8 Å². The minimum absolute atomic E-state index is 0.275. The van der Waals surface area contributed by atoms with Gasteiger partial charge in [0, 0.05) is 16.3 Å². The molecule has 0 amide bonds. The molecule has 1 aliphatic rings. The van der Waals surface area contributed by atoms with Gasteiger partial charge in [-0.15, -0.1) is 0 Å². The van der Waals surface area contributed by atoms with Crippen LogP contribution in [0.2, 0.25) is 5.02 Å². The number of methoxy groups -OCH3 is 2. The fourth-order valence-corrected chi connectivity index (χ4v) is 2.30. The molecular formula is C14H14ClNO4. The number of halogens is 1. The van der Waals surface area contributed by atoms with Crippen LogP contribution in [0.1, 0.15) is 12.5 Å². The standard InChI is InChI=1S/C14H14ClNO4/c1-14(13(18)20-3)7-10(12(17)19-2)9-6-8(15)4-5-11(9)16-14/h4-7,16H,1-3H3. The molecule has 1 aliphatic heterocycles. The second-order valence-electron chi connectivity index (χ2n) is 4.56. The second-order valence-corrected chi connectivity index (χ2v) is 4.99. The molecule has 0 spiro atoms. The molecule has 106 valence electrons. The highest BCUT2D eigenvalue weighted by atomic mass is 35.5. The predicted octanol–water partition coefficient (Wildman–Crippen LogP) is 2.25. The van der Waals surface area contributed by atoms with E-state index in [4.69, 9.17) is 21.1 Å². The largest absolute Gasteiger partial charge is 0.467 e. The third-order valence-electron chi connectivity index (χ3n) is 3.11. The van der Waals surface area contributed by atoms with Crippen molar-refractivity contribution in [2.45, 2.75) is 12.5 Å². The van der Waals surface area contributed by atoms with E-state index in [1.54, 1.807) is 25.1 Å². The Labute approximate surface area is 121 Å². The summed E-state index contributed by atoms with van der Waals surface area (Å²) in [6.07, 6.45) is 1.49. The molecular weight excluding hydrogens is 282 g/mol. The summed E-state index contributed by atoms with van der Waals surface area (Å²) in [7, 11) is 2.57.